The predicted molar refractivity (Wildman–Crippen MR) is 150 cm³/mol. The summed E-state index contributed by atoms with van der Waals surface area (Å²) in [6.45, 7) is 5.84. The summed E-state index contributed by atoms with van der Waals surface area (Å²) in [6, 6.07) is 3.40. The van der Waals surface area contributed by atoms with Gasteiger partial charge < -0.3 is 20.9 Å². The van der Waals surface area contributed by atoms with Gasteiger partial charge in [-0.1, -0.05) is 32.1 Å². The van der Waals surface area contributed by atoms with Crippen molar-refractivity contribution in [2.75, 3.05) is 49.5 Å². The van der Waals surface area contributed by atoms with E-state index in [0.29, 0.717) is 24.0 Å². The number of carbonyl (C=O) groups is 1. The first-order valence-electron chi connectivity index (χ1n) is 15.3. The molecule has 1 amide bonds. The molecule has 0 aromatic carbocycles. The highest BCUT2D eigenvalue weighted by Crippen LogP contribution is 2.32. The second kappa shape index (κ2) is 13.2. The number of rotatable bonds is 8. The van der Waals surface area contributed by atoms with Crippen molar-refractivity contribution >= 4 is 17.7 Å². The van der Waals surface area contributed by atoms with Crippen LogP contribution in [0.4, 0.5) is 11.8 Å². The molecule has 3 saturated heterocycles. The summed E-state index contributed by atoms with van der Waals surface area (Å²) in [5.41, 5.74) is 5.95. The molecule has 1 aliphatic carbocycles. The number of nitrogens with zero attached hydrogens (tertiary/aromatic N) is 5. The number of hydrogen-bond acceptors (Lipinski definition) is 7. The van der Waals surface area contributed by atoms with E-state index in [9.17, 15) is 4.79 Å². The van der Waals surface area contributed by atoms with Crippen molar-refractivity contribution in [2.24, 2.45) is 11.7 Å². The average Bonchev–Trinajstić information content (AvgIpc) is 3.14. The molecule has 2 unspecified atom stereocenters. The molecule has 8 heteroatoms. The van der Waals surface area contributed by atoms with Crippen molar-refractivity contribution in [1.82, 2.24) is 19.8 Å². The van der Waals surface area contributed by atoms with Gasteiger partial charge in [0.05, 0.1) is 0 Å². The lowest BCUT2D eigenvalue weighted by Gasteiger charge is -2.41. The van der Waals surface area contributed by atoms with Crippen LogP contribution in [-0.2, 0) is 4.79 Å². The fourth-order valence-electron chi connectivity index (χ4n) is 7.28. The van der Waals surface area contributed by atoms with Crippen LogP contribution in [0.1, 0.15) is 89.9 Å². The first-order chi connectivity index (χ1) is 18.2. The maximum absolute atomic E-state index is 13.1. The van der Waals surface area contributed by atoms with Gasteiger partial charge in [-0.2, -0.15) is 4.98 Å². The number of hydrogen-bond donors (Lipinski definition) is 2. The molecular formula is C29H49N7O. The van der Waals surface area contributed by atoms with Crippen LogP contribution >= 0.6 is 0 Å². The predicted octanol–water partition coefficient (Wildman–Crippen LogP) is 4.02. The Balaban J connectivity index is 1.19. The van der Waals surface area contributed by atoms with Crippen LogP contribution in [0.2, 0.25) is 0 Å². The largest absolute Gasteiger partial charge is 0.356 e. The van der Waals surface area contributed by atoms with Crippen molar-refractivity contribution in [3.8, 4) is 0 Å². The molecule has 2 atom stereocenters. The summed E-state index contributed by atoms with van der Waals surface area (Å²) in [4.78, 5) is 30.0. The summed E-state index contributed by atoms with van der Waals surface area (Å²) in [7, 11) is 0. The Labute approximate surface area is 223 Å². The molecule has 3 aliphatic heterocycles. The highest BCUT2D eigenvalue weighted by molar-refractivity contribution is 5.79. The molecule has 37 heavy (non-hydrogen) atoms. The Bertz CT molecular complexity index is 844. The van der Waals surface area contributed by atoms with Gasteiger partial charge in [-0.05, 0) is 70.4 Å². The summed E-state index contributed by atoms with van der Waals surface area (Å²) in [5, 5.41) is 3.74. The summed E-state index contributed by atoms with van der Waals surface area (Å²) < 4.78 is 0. The van der Waals surface area contributed by atoms with Crippen LogP contribution in [-0.4, -0.2) is 83.1 Å². The molecular weight excluding hydrogens is 462 g/mol. The van der Waals surface area contributed by atoms with Crippen molar-refractivity contribution in [2.45, 2.75) is 108 Å². The van der Waals surface area contributed by atoms with Crippen molar-refractivity contribution in [3.05, 3.63) is 12.3 Å². The third-order valence-electron chi connectivity index (χ3n) is 9.38. The summed E-state index contributed by atoms with van der Waals surface area (Å²) in [5.74, 6) is 2.54. The van der Waals surface area contributed by atoms with Gasteiger partial charge in [-0.3, -0.25) is 9.69 Å². The highest BCUT2D eigenvalue weighted by Gasteiger charge is 2.40. The van der Waals surface area contributed by atoms with E-state index in [1.54, 1.807) is 0 Å². The quantitative estimate of drug-likeness (QED) is 0.545. The SMILES string of the molecule is NCCCC1C(Nc2nccc(N3CCCCCC3)n2)CCN1C1CCN(C(=O)C2CCCCC2)CC1. The average molecular weight is 512 g/mol. The van der Waals surface area contributed by atoms with Gasteiger partial charge in [0.25, 0.3) is 0 Å². The first-order valence-corrected chi connectivity index (χ1v) is 15.3. The Hall–Kier alpha value is -1.93. The van der Waals surface area contributed by atoms with Crippen molar-refractivity contribution in [3.63, 3.8) is 0 Å². The Morgan fingerprint density at radius 3 is 2.38 bits per heavy atom. The molecule has 4 heterocycles. The minimum atomic E-state index is 0.285. The maximum Gasteiger partial charge on any atom is 0.225 e. The number of likely N-dealkylation sites (tertiary alicyclic amines) is 2. The van der Waals surface area contributed by atoms with Gasteiger partial charge in [0.15, 0.2) is 0 Å². The number of amides is 1. The zero-order chi connectivity index (χ0) is 25.5. The number of nitrogens with one attached hydrogen (secondary N) is 1. The van der Waals surface area contributed by atoms with E-state index >= 15 is 0 Å². The van der Waals surface area contributed by atoms with Gasteiger partial charge in [0, 0.05) is 63.0 Å². The Kier molecular flexibility index (Phi) is 9.54. The van der Waals surface area contributed by atoms with Crippen LogP contribution in [0.5, 0.6) is 0 Å². The fourth-order valence-corrected chi connectivity index (χ4v) is 7.28. The van der Waals surface area contributed by atoms with E-state index in [1.807, 2.05) is 6.20 Å². The van der Waals surface area contributed by atoms with Crippen LogP contribution in [0.15, 0.2) is 12.3 Å². The lowest BCUT2D eigenvalue weighted by molar-refractivity contribution is -0.138. The zero-order valence-corrected chi connectivity index (χ0v) is 22.8. The second-order valence-electron chi connectivity index (χ2n) is 11.8. The summed E-state index contributed by atoms with van der Waals surface area (Å²) >= 11 is 0. The third-order valence-corrected chi connectivity index (χ3v) is 9.38. The second-order valence-corrected chi connectivity index (χ2v) is 11.8. The number of aromatic nitrogens is 2. The van der Waals surface area contributed by atoms with E-state index < -0.39 is 0 Å². The van der Waals surface area contributed by atoms with Crippen LogP contribution in [0.25, 0.3) is 0 Å². The maximum atomic E-state index is 13.1. The van der Waals surface area contributed by atoms with Crippen molar-refractivity contribution in [1.29, 1.82) is 0 Å². The molecule has 1 saturated carbocycles. The molecule has 4 fully saturated rings. The van der Waals surface area contributed by atoms with E-state index in [4.69, 9.17) is 10.7 Å². The third kappa shape index (κ3) is 6.75. The smallest absolute Gasteiger partial charge is 0.225 e. The number of piperidine rings is 1. The first kappa shape index (κ1) is 26.7. The number of nitrogens with two attached hydrogens (primary N) is 1. The molecule has 0 spiro atoms. The number of anilines is 2. The van der Waals surface area contributed by atoms with Crippen LogP contribution < -0.4 is 16.0 Å². The van der Waals surface area contributed by atoms with E-state index in [-0.39, 0.29) is 5.92 Å². The fraction of sp³-hybridized carbons (Fsp3) is 0.828. The molecule has 5 rings (SSSR count). The van der Waals surface area contributed by atoms with E-state index in [1.165, 1.54) is 44.9 Å². The molecule has 0 radical (unpaired) electrons. The summed E-state index contributed by atoms with van der Waals surface area (Å²) in [6.07, 6.45) is 18.4. The van der Waals surface area contributed by atoms with Crippen LogP contribution in [0.3, 0.4) is 0 Å². The monoisotopic (exact) mass is 511 g/mol. The lowest BCUT2D eigenvalue weighted by Crippen LogP contribution is -2.51. The van der Waals surface area contributed by atoms with E-state index in [0.717, 1.165) is 96.0 Å². The van der Waals surface area contributed by atoms with E-state index in [2.05, 4.69) is 31.1 Å². The molecule has 3 N–H and O–H groups in total. The molecule has 0 bridgehead atoms. The Morgan fingerprint density at radius 2 is 1.65 bits per heavy atom. The molecule has 8 nitrogen and oxygen atoms in total. The molecule has 1 aromatic heterocycles. The van der Waals surface area contributed by atoms with Gasteiger partial charge in [-0.25, -0.2) is 4.98 Å². The van der Waals surface area contributed by atoms with Gasteiger partial charge >= 0.3 is 0 Å². The molecule has 4 aliphatic rings. The highest BCUT2D eigenvalue weighted by atomic mass is 16.2. The van der Waals surface area contributed by atoms with Gasteiger partial charge in [-0.15, -0.1) is 0 Å². The van der Waals surface area contributed by atoms with Gasteiger partial charge in [0.1, 0.15) is 5.82 Å². The zero-order valence-electron chi connectivity index (χ0n) is 22.8. The van der Waals surface area contributed by atoms with Gasteiger partial charge in [0.2, 0.25) is 11.9 Å². The molecule has 1 aromatic rings. The minimum Gasteiger partial charge on any atom is -0.356 e. The van der Waals surface area contributed by atoms with Crippen molar-refractivity contribution < 1.29 is 4.79 Å². The topological polar surface area (TPSA) is 90.6 Å². The lowest BCUT2D eigenvalue weighted by atomic mass is 9.87. The standard InChI is InChI=1S/C29H49N7O/c30-16-8-11-26-25(32-29-31-17-12-27(33-29)34-18-6-1-2-7-19-34)15-22-36(26)24-13-20-35(21-14-24)28(37)23-9-4-3-5-10-23/h12,17,23-26H,1-11,13-16,18-22,30H2,(H,31,32,33). The van der Waals surface area contributed by atoms with Crippen LogP contribution in [0, 0.1) is 5.92 Å². The number of carbonyl (C=O) groups excluding carboxylic acids is 1. The Morgan fingerprint density at radius 1 is 0.919 bits per heavy atom. The molecule has 206 valence electrons. The minimum absolute atomic E-state index is 0.285. The normalized spacial score (nSPS) is 26.8.